The topological polar surface area (TPSA) is 63.0 Å². The lowest BCUT2D eigenvalue weighted by molar-refractivity contribution is 0.0528. The molecule has 0 bridgehead atoms. The van der Waals surface area contributed by atoms with Gasteiger partial charge in [0.25, 0.3) is 0 Å². The van der Waals surface area contributed by atoms with Gasteiger partial charge >= 0.3 is 5.97 Å². The Kier molecular flexibility index (Phi) is 4.47. The van der Waals surface area contributed by atoms with Crippen LogP contribution in [0.15, 0.2) is 18.5 Å². The van der Waals surface area contributed by atoms with Gasteiger partial charge in [-0.25, -0.2) is 14.3 Å². The Morgan fingerprint density at radius 3 is 2.78 bits per heavy atom. The van der Waals surface area contributed by atoms with Crippen LogP contribution < -0.4 is 4.90 Å². The van der Waals surface area contributed by atoms with Gasteiger partial charge in [-0.05, 0) is 39.9 Å². The number of piperidine rings is 1. The summed E-state index contributed by atoms with van der Waals surface area (Å²) in [5.41, 5.74) is 0.965. The van der Waals surface area contributed by atoms with E-state index in [-0.39, 0.29) is 5.97 Å². The maximum Gasteiger partial charge on any atom is 0.343 e. The van der Waals surface area contributed by atoms with E-state index in [1.54, 1.807) is 11.4 Å². The summed E-state index contributed by atoms with van der Waals surface area (Å²) < 4.78 is 6.68. The van der Waals surface area contributed by atoms with Crippen LogP contribution in [0.25, 0.3) is 5.65 Å². The van der Waals surface area contributed by atoms with Crippen LogP contribution in [0.1, 0.15) is 30.1 Å². The Morgan fingerprint density at radius 2 is 2.13 bits per heavy atom. The van der Waals surface area contributed by atoms with E-state index in [1.807, 2.05) is 12.3 Å². The van der Waals surface area contributed by atoms with Crippen molar-refractivity contribution >= 4 is 17.4 Å². The summed E-state index contributed by atoms with van der Waals surface area (Å²) in [5.74, 6) is 0.513. The minimum atomic E-state index is -0.376. The predicted octanol–water partition coefficient (Wildman–Crippen LogP) is 1.44. The number of nitrogens with zero attached hydrogens (tertiary/aromatic N) is 5. The summed E-state index contributed by atoms with van der Waals surface area (Å²) in [6, 6.07) is 2.57. The first-order valence-electron chi connectivity index (χ1n) is 8.03. The number of fused-ring (bicyclic) bond motifs is 1. The van der Waals surface area contributed by atoms with Crippen LogP contribution in [0.4, 0.5) is 5.82 Å². The second-order valence-corrected chi connectivity index (χ2v) is 6.01. The Bertz CT molecular complexity index is 689. The average Bonchev–Trinajstić information content (AvgIpc) is 2.98. The summed E-state index contributed by atoms with van der Waals surface area (Å²) in [6.45, 7) is 4.06. The van der Waals surface area contributed by atoms with Crippen LogP contribution in [-0.2, 0) is 4.74 Å². The van der Waals surface area contributed by atoms with Crippen LogP contribution in [0.5, 0.6) is 0 Å². The largest absolute Gasteiger partial charge is 0.462 e. The molecule has 7 nitrogen and oxygen atoms in total. The minimum absolute atomic E-state index is 0.341. The molecular formula is C16H23N5O2. The Balaban J connectivity index is 1.82. The van der Waals surface area contributed by atoms with E-state index in [1.165, 1.54) is 6.20 Å². The molecule has 2 aromatic rings. The van der Waals surface area contributed by atoms with Crippen molar-refractivity contribution < 1.29 is 9.53 Å². The predicted molar refractivity (Wildman–Crippen MR) is 87.9 cm³/mol. The standard InChI is InChI=1S/C16H23N5O2/c1-4-23-16(22)13-11-17-21-10-7-14(18-15(13)21)20-8-5-12(6-9-20)19(2)3/h7,10-12H,4-6,8-9H2,1-3H3. The fourth-order valence-electron chi connectivity index (χ4n) is 3.00. The van der Waals surface area contributed by atoms with Crippen molar-refractivity contribution in [2.75, 3.05) is 38.7 Å². The van der Waals surface area contributed by atoms with Crippen LogP contribution in [-0.4, -0.2) is 65.3 Å². The fourth-order valence-corrected chi connectivity index (χ4v) is 3.00. The number of hydrogen-bond donors (Lipinski definition) is 0. The van der Waals surface area contributed by atoms with Gasteiger partial charge < -0.3 is 14.5 Å². The van der Waals surface area contributed by atoms with Crippen molar-refractivity contribution in [1.29, 1.82) is 0 Å². The summed E-state index contributed by atoms with van der Waals surface area (Å²) in [7, 11) is 4.26. The van der Waals surface area contributed by atoms with Gasteiger partial charge in [-0.2, -0.15) is 5.10 Å². The number of anilines is 1. The summed E-state index contributed by atoms with van der Waals surface area (Å²) in [6.07, 6.45) is 5.59. The molecule has 0 unspecified atom stereocenters. The second-order valence-electron chi connectivity index (χ2n) is 6.01. The maximum atomic E-state index is 12.0. The molecule has 0 radical (unpaired) electrons. The molecule has 1 aliphatic rings. The van der Waals surface area contributed by atoms with Gasteiger partial charge in [0.05, 0.1) is 12.8 Å². The molecule has 23 heavy (non-hydrogen) atoms. The highest BCUT2D eigenvalue weighted by Gasteiger charge is 2.22. The third-order valence-corrected chi connectivity index (χ3v) is 4.37. The van der Waals surface area contributed by atoms with Gasteiger partial charge in [0, 0.05) is 25.3 Å². The fraction of sp³-hybridized carbons (Fsp3) is 0.562. The molecule has 0 saturated carbocycles. The first-order chi connectivity index (χ1) is 11.1. The highest BCUT2D eigenvalue weighted by Crippen LogP contribution is 2.21. The number of carbonyl (C=O) groups excluding carboxylic acids is 1. The summed E-state index contributed by atoms with van der Waals surface area (Å²) in [4.78, 5) is 21.2. The van der Waals surface area contributed by atoms with Gasteiger partial charge in [0.1, 0.15) is 11.4 Å². The van der Waals surface area contributed by atoms with Gasteiger partial charge in [0.2, 0.25) is 0 Å². The molecule has 1 fully saturated rings. The lowest BCUT2D eigenvalue weighted by Crippen LogP contribution is -2.42. The SMILES string of the molecule is CCOC(=O)c1cnn2ccc(N3CCC(N(C)C)CC3)nc12. The zero-order valence-corrected chi connectivity index (χ0v) is 13.9. The zero-order chi connectivity index (χ0) is 16.4. The minimum Gasteiger partial charge on any atom is -0.462 e. The Hall–Kier alpha value is -2.15. The third kappa shape index (κ3) is 3.14. The monoisotopic (exact) mass is 317 g/mol. The highest BCUT2D eigenvalue weighted by atomic mass is 16.5. The van der Waals surface area contributed by atoms with Crippen molar-refractivity contribution in [2.24, 2.45) is 0 Å². The number of carbonyl (C=O) groups is 1. The van der Waals surface area contributed by atoms with Crippen molar-refractivity contribution in [2.45, 2.75) is 25.8 Å². The third-order valence-electron chi connectivity index (χ3n) is 4.37. The van der Waals surface area contributed by atoms with Crippen molar-refractivity contribution in [3.8, 4) is 0 Å². The molecule has 3 rings (SSSR count). The lowest BCUT2D eigenvalue weighted by Gasteiger charge is -2.35. The molecule has 0 spiro atoms. The van der Waals surface area contributed by atoms with Crippen molar-refractivity contribution in [1.82, 2.24) is 19.5 Å². The molecule has 2 aromatic heterocycles. The average molecular weight is 317 g/mol. The quantitative estimate of drug-likeness (QED) is 0.795. The molecule has 0 aromatic carbocycles. The van der Waals surface area contributed by atoms with E-state index in [4.69, 9.17) is 4.74 Å². The molecule has 0 atom stereocenters. The van der Waals surface area contributed by atoms with Gasteiger partial charge in [0.15, 0.2) is 5.65 Å². The second kappa shape index (κ2) is 6.54. The molecule has 0 amide bonds. The van der Waals surface area contributed by atoms with E-state index in [0.717, 1.165) is 31.7 Å². The van der Waals surface area contributed by atoms with Crippen molar-refractivity contribution in [3.05, 3.63) is 24.0 Å². The number of ether oxygens (including phenoxy) is 1. The van der Waals surface area contributed by atoms with E-state index in [9.17, 15) is 4.79 Å². The lowest BCUT2D eigenvalue weighted by atomic mass is 10.0. The molecule has 124 valence electrons. The van der Waals surface area contributed by atoms with Crippen LogP contribution >= 0.6 is 0 Å². The smallest absolute Gasteiger partial charge is 0.343 e. The van der Waals surface area contributed by atoms with Crippen molar-refractivity contribution in [3.63, 3.8) is 0 Å². The highest BCUT2D eigenvalue weighted by molar-refractivity contribution is 5.95. The first-order valence-corrected chi connectivity index (χ1v) is 8.03. The Morgan fingerprint density at radius 1 is 1.39 bits per heavy atom. The molecular weight excluding hydrogens is 294 g/mol. The van der Waals surface area contributed by atoms with E-state index >= 15 is 0 Å². The summed E-state index contributed by atoms with van der Waals surface area (Å²) >= 11 is 0. The van der Waals surface area contributed by atoms with Crippen LogP contribution in [0.3, 0.4) is 0 Å². The number of hydrogen-bond acceptors (Lipinski definition) is 6. The van der Waals surface area contributed by atoms with E-state index in [0.29, 0.717) is 23.9 Å². The van der Waals surface area contributed by atoms with E-state index < -0.39 is 0 Å². The molecule has 3 heterocycles. The summed E-state index contributed by atoms with van der Waals surface area (Å²) in [5, 5.41) is 4.17. The first kappa shape index (κ1) is 15.7. The molecule has 1 aliphatic heterocycles. The Labute approximate surface area is 135 Å². The van der Waals surface area contributed by atoms with Gasteiger partial charge in [-0.3, -0.25) is 0 Å². The van der Waals surface area contributed by atoms with E-state index in [2.05, 4.69) is 34.0 Å². The van der Waals surface area contributed by atoms with Crippen LogP contribution in [0, 0.1) is 0 Å². The maximum absolute atomic E-state index is 12.0. The number of aromatic nitrogens is 3. The number of esters is 1. The van der Waals surface area contributed by atoms with Gasteiger partial charge in [-0.1, -0.05) is 0 Å². The molecule has 0 aliphatic carbocycles. The number of rotatable bonds is 4. The molecule has 0 N–H and O–H groups in total. The zero-order valence-electron chi connectivity index (χ0n) is 13.9. The van der Waals surface area contributed by atoms with Gasteiger partial charge in [-0.15, -0.1) is 0 Å². The molecule has 7 heteroatoms. The normalized spacial score (nSPS) is 16.3. The molecule has 1 saturated heterocycles. The van der Waals surface area contributed by atoms with Crippen LogP contribution in [0.2, 0.25) is 0 Å².